The smallest absolute Gasteiger partial charge is 0.412 e. The van der Waals surface area contributed by atoms with Gasteiger partial charge >= 0.3 is 6.09 Å². The zero-order valence-electron chi connectivity index (χ0n) is 15.0. The van der Waals surface area contributed by atoms with Gasteiger partial charge in [0.15, 0.2) is 5.82 Å². The van der Waals surface area contributed by atoms with Gasteiger partial charge in [0.05, 0.1) is 11.4 Å². The highest BCUT2D eigenvalue weighted by molar-refractivity contribution is 7.92. The highest BCUT2D eigenvalue weighted by atomic mass is 32.2. The first-order valence-corrected chi connectivity index (χ1v) is 9.18. The van der Waals surface area contributed by atoms with Crippen LogP contribution >= 0.6 is 0 Å². The molecule has 0 bridgehead atoms. The molecular weight excluding hydrogens is 382 g/mol. The third-order valence-corrected chi connectivity index (χ3v) is 4.25. The number of anilines is 2. The van der Waals surface area contributed by atoms with Gasteiger partial charge in [-0.05, 0) is 39.8 Å². The number of amides is 1. The predicted octanol–water partition coefficient (Wildman–Crippen LogP) is 3.21. The van der Waals surface area contributed by atoms with E-state index in [4.69, 9.17) is 4.74 Å². The maximum absolute atomic E-state index is 14.3. The molecular formula is C16H18F2N4O4S. The Labute approximate surface area is 155 Å². The molecule has 8 nitrogen and oxygen atoms in total. The Bertz CT molecular complexity index is 975. The molecule has 2 N–H and O–H groups in total. The average Bonchev–Trinajstić information content (AvgIpc) is 2.48. The standard InChI is InChI=1S/C16H18F2N4O4S/c1-9-11(20-15(23)26-16(2,3)4)8-10(17)14(19-9)27(24,25)22-13-7-5-6-12(18)21-13/h5-8H,1-4H3,(H,20,23)(H,21,22). The summed E-state index contributed by atoms with van der Waals surface area (Å²) >= 11 is 0. The molecule has 27 heavy (non-hydrogen) atoms. The van der Waals surface area contributed by atoms with E-state index in [0.717, 1.165) is 12.1 Å². The number of pyridine rings is 2. The quantitative estimate of drug-likeness (QED) is 0.763. The molecule has 0 saturated carbocycles. The topological polar surface area (TPSA) is 110 Å². The average molecular weight is 400 g/mol. The minimum atomic E-state index is -4.47. The number of aromatic nitrogens is 2. The first-order chi connectivity index (χ1) is 12.4. The molecule has 0 aliphatic rings. The van der Waals surface area contributed by atoms with Crippen molar-refractivity contribution in [1.29, 1.82) is 0 Å². The number of ether oxygens (including phenoxy) is 1. The molecule has 2 aromatic heterocycles. The Balaban J connectivity index is 2.28. The first kappa shape index (κ1) is 20.5. The second-order valence-electron chi connectivity index (χ2n) is 6.49. The van der Waals surface area contributed by atoms with E-state index in [1.165, 1.54) is 19.1 Å². The van der Waals surface area contributed by atoms with E-state index in [9.17, 15) is 22.0 Å². The van der Waals surface area contributed by atoms with Gasteiger partial charge in [-0.15, -0.1) is 0 Å². The molecule has 1 amide bonds. The Kier molecular flexibility index (Phi) is 5.64. The van der Waals surface area contributed by atoms with Crippen LogP contribution in [-0.2, 0) is 14.8 Å². The molecule has 0 unspecified atom stereocenters. The molecule has 11 heteroatoms. The third kappa shape index (κ3) is 5.58. The fourth-order valence-electron chi connectivity index (χ4n) is 1.94. The molecule has 2 aromatic rings. The molecule has 0 spiro atoms. The number of sulfonamides is 1. The third-order valence-electron chi connectivity index (χ3n) is 2.98. The molecule has 0 radical (unpaired) electrons. The Morgan fingerprint density at radius 1 is 1.19 bits per heavy atom. The molecule has 2 rings (SSSR count). The van der Waals surface area contributed by atoms with Crippen LogP contribution in [0.3, 0.4) is 0 Å². The molecule has 0 aliphatic carbocycles. The van der Waals surface area contributed by atoms with E-state index in [-0.39, 0.29) is 17.2 Å². The van der Waals surface area contributed by atoms with Crippen LogP contribution in [0, 0.1) is 18.7 Å². The van der Waals surface area contributed by atoms with E-state index < -0.39 is 38.5 Å². The van der Waals surface area contributed by atoms with Crippen molar-refractivity contribution in [3.05, 3.63) is 41.7 Å². The summed E-state index contributed by atoms with van der Waals surface area (Å²) in [5.74, 6) is -2.45. The number of nitrogens with zero attached hydrogens (tertiary/aromatic N) is 2. The summed E-state index contributed by atoms with van der Waals surface area (Å²) in [6, 6.07) is 4.27. The van der Waals surface area contributed by atoms with Gasteiger partial charge in [-0.3, -0.25) is 10.0 Å². The van der Waals surface area contributed by atoms with Crippen molar-refractivity contribution in [2.45, 2.75) is 38.3 Å². The van der Waals surface area contributed by atoms with Gasteiger partial charge < -0.3 is 4.74 Å². The summed E-state index contributed by atoms with van der Waals surface area (Å²) in [7, 11) is -4.47. The van der Waals surface area contributed by atoms with Crippen LogP contribution in [0.2, 0.25) is 0 Å². The highest BCUT2D eigenvalue weighted by Crippen LogP contribution is 2.22. The minimum Gasteiger partial charge on any atom is -0.444 e. The summed E-state index contributed by atoms with van der Waals surface area (Å²) < 4.78 is 59.0. The SMILES string of the molecule is Cc1nc(S(=O)(=O)Nc2cccc(F)n2)c(F)cc1NC(=O)OC(C)(C)C. The predicted molar refractivity (Wildman–Crippen MR) is 93.8 cm³/mol. The number of nitrogens with one attached hydrogen (secondary N) is 2. The monoisotopic (exact) mass is 400 g/mol. The van der Waals surface area contributed by atoms with E-state index >= 15 is 0 Å². The first-order valence-electron chi connectivity index (χ1n) is 7.70. The summed E-state index contributed by atoms with van der Waals surface area (Å²) in [5.41, 5.74) is -0.783. The summed E-state index contributed by atoms with van der Waals surface area (Å²) in [4.78, 5) is 18.8. The van der Waals surface area contributed by atoms with Crippen molar-refractivity contribution < 1.29 is 26.7 Å². The van der Waals surface area contributed by atoms with Gasteiger partial charge in [-0.25, -0.2) is 19.2 Å². The normalized spacial score (nSPS) is 11.8. The zero-order valence-corrected chi connectivity index (χ0v) is 15.8. The van der Waals surface area contributed by atoms with E-state index in [0.29, 0.717) is 0 Å². The van der Waals surface area contributed by atoms with Crippen LogP contribution in [0.15, 0.2) is 29.3 Å². The minimum absolute atomic E-state index is 0.0369. The summed E-state index contributed by atoms with van der Waals surface area (Å²) in [6.45, 7) is 6.34. The second-order valence-corrected chi connectivity index (χ2v) is 8.08. The van der Waals surface area contributed by atoms with Crippen molar-refractivity contribution in [2.24, 2.45) is 0 Å². The molecule has 0 fully saturated rings. The molecule has 0 saturated heterocycles. The van der Waals surface area contributed by atoms with Gasteiger partial charge in [0.25, 0.3) is 10.0 Å². The van der Waals surface area contributed by atoms with Crippen molar-refractivity contribution in [2.75, 3.05) is 10.0 Å². The zero-order chi connectivity index (χ0) is 20.4. The number of halogens is 2. The number of rotatable bonds is 4. The molecule has 146 valence electrons. The molecule has 0 aromatic carbocycles. The van der Waals surface area contributed by atoms with Crippen molar-refractivity contribution in [3.8, 4) is 0 Å². The van der Waals surface area contributed by atoms with Crippen LogP contribution in [0.4, 0.5) is 25.1 Å². The van der Waals surface area contributed by atoms with Crippen molar-refractivity contribution in [1.82, 2.24) is 9.97 Å². The van der Waals surface area contributed by atoms with Gasteiger partial charge in [-0.2, -0.15) is 12.8 Å². The van der Waals surface area contributed by atoms with Crippen molar-refractivity contribution >= 4 is 27.6 Å². The molecule has 0 atom stereocenters. The van der Waals surface area contributed by atoms with Crippen LogP contribution in [0.25, 0.3) is 0 Å². The van der Waals surface area contributed by atoms with Crippen LogP contribution in [0.5, 0.6) is 0 Å². The lowest BCUT2D eigenvalue weighted by Crippen LogP contribution is -2.27. The van der Waals surface area contributed by atoms with Crippen LogP contribution < -0.4 is 10.0 Å². The summed E-state index contributed by atoms with van der Waals surface area (Å²) in [6.07, 6.45) is -0.843. The lowest BCUT2D eigenvalue weighted by molar-refractivity contribution is 0.0635. The number of aryl methyl sites for hydroxylation is 1. The fourth-order valence-corrected chi connectivity index (χ4v) is 3.00. The summed E-state index contributed by atoms with van der Waals surface area (Å²) in [5, 5.41) is 1.39. The number of hydrogen-bond donors (Lipinski definition) is 2. The fraction of sp³-hybridized carbons (Fsp3) is 0.312. The van der Waals surface area contributed by atoms with E-state index in [1.54, 1.807) is 20.8 Å². The Morgan fingerprint density at radius 3 is 2.44 bits per heavy atom. The molecule has 2 heterocycles. The number of carbonyl (C=O) groups excluding carboxylic acids is 1. The van der Waals surface area contributed by atoms with Gasteiger partial charge in [0, 0.05) is 6.07 Å². The Morgan fingerprint density at radius 2 is 1.85 bits per heavy atom. The van der Waals surface area contributed by atoms with Crippen molar-refractivity contribution in [3.63, 3.8) is 0 Å². The lowest BCUT2D eigenvalue weighted by Gasteiger charge is -2.20. The van der Waals surface area contributed by atoms with E-state index in [1.807, 2.05) is 4.72 Å². The number of hydrogen-bond acceptors (Lipinski definition) is 6. The van der Waals surface area contributed by atoms with Gasteiger partial charge in [-0.1, -0.05) is 6.07 Å². The number of carbonyl (C=O) groups is 1. The maximum Gasteiger partial charge on any atom is 0.412 e. The Hall–Kier alpha value is -2.82. The van der Waals surface area contributed by atoms with Gasteiger partial charge in [0.2, 0.25) is 11.0 Å². The van der Waals surface area contributed by atoms with Crippen LogP contribution in [0.1, 0.15) is 26.5 Å². The molecule has 0 aliphatic heterocycles. The van der Waals surface area contributed by atoms with E-state index in [2.05, 4.69) is 15.3 Å². The highest BCUT2D eigenvalue weighted by Gasteiger charge is 2.25. The largest absolute Gasteiger partial charge is 0.444 e. The van der Waals surface area contributed by atoms with Crippen LogP contribution in [-0.4, -0.2) is 30.1 Å². The lowest BCUT2D eigenvalue weighted by atomic mass is 10.2. The van der Waals surface area contributed by atoms with Gasteiger partial charge in [0.1, 0.15) is 11.4 Å². The second kappa shape index (κ2) is 7.43. The maximum atomic E-state index is 14.3.